The molecule has 5 nitrogen and oxygen atoms in total. The number of rotatable bonds is 11. The van der Waals surface area contributed by atoms with E-state index in [0.717, 1.165) is 23.7 Å². The molecule has 0 saturated heterocycles. The number of benzene rings is 2. The van der Waals surface area contributed by atoms with Crippen molar-refractivity contribution in [1.29, 1.82) is 0 Å². The van der Waals surface area contributed by atoms with E-state index in [-0.39, 0.29) is 5.91 Å². The van der Waals surface area contributed by atoms with E-state index in [2.05, 4.69) is 27.0 Å². The van der Waals surface area contributed by atoms with Crippen LogP contribution in [0.4, 0.5) is 0 Å². The van der Waals surface area contributed by atoms with Crippen LogP contribution >= 0.6 is 11.8 Å². The Bertz CT molecular complexity index is 837. The van der Waals surface area contributed by atoms with Gasteiger partial charge in [-0.1, -0.05) is 72.4 Å². The van der Waals surface area contributed by atoms with Crippen LogP contribution in [-0.4, -0.2) is 34.4 Å². The number of aromatic nitrogens is 2. The van der Waals surface area contributed by atoms with E-state index in [9.17, 15) is 4.79 Å². The van der Waals surface area contributed by atoms with Gasteiger partial charge >= 0.3 is 0 Å². The summed E-state index contributed by atoms with van der Waals surface area (Å²) in [5, 5.41) is 3.79. The molecule has 1 heterocycles. The van der Waals surface area contributed by atoms with Gasteiger partial charge in [-0.3, -0.25) is 4.79 Å². The molecular formula is C22H25N3O2S. The van der Waals surface area contributed by atoms with Crippen molar-refractivity contribution in [2.45, 2.75) is 24.7 Å². The number of carbonyl (C=O) groups is 1. The van der Waals surface area contributed by atoms with Crippen LogP contribution in [0, 0.1) is 0 Å². The second-order valence-electron chi connectivity index (χ2n) is 6.35. The normalized spacial score (nSPS) is 10.7. The van der Waals surface area contributed by atoms with Crippen molar-refractivity contribution in [2.75, 3.05) is 18.9 Å². The van der Waals surface area contributed by atoms with Crippen molar-refractivity contribution in [2.24, 2.45) is 0 Å². The molecule has 1 amide bonds. The lowest BCUT2D eigenvalue weighted by atomic mass is 10.2. The largest absolute Gasteiger partial charge is 0.377 e. The summed E-state index contributed by atoms with van der Waals surface area (Å²) in [7, 11) is 0. The van der Waals surface area contributed by atoms with Crippen LogP contribution in [0.3, 0.4) is 0 Å². The molecule has 2 aromatic carbocycles. The van der Waals surface area contributed by atoms with Gasteiger partial charge in [-0.25, -0.2) is 4.98 Å². The van der Waals surface area contributed by atoms with Crippen LogP contribution in [0.1, 0.15) is 17.5 Å². The van der Waals surface area contributed by atoms with Crippen molar-refractivity contribution in [3.8, 4) is 0 Å². The highest BCUT2D eigenvalue weighted by atomic mass is 32.2. The molecule has 6 heteroatoms. The fraction of sp³-hybridized carbons (Fsp3) is 0.273. The zero-order valence-corrected chi connectivity index (χ0v) is 16.6. The van der Waals surface area contributed by atoms with Crippen molar-refractivity contribution in [3.63, 3.8) is 0 Å². The summed E-state index contributed by atoms with van der Waals surface area (Å²) >= 11 is 1.46. The highest BCUT2D eigenvalue weighted by molar-refractivity contribution is 7.99. The van der Waals surface area contributed by atoms with Crippen LogP contribution in [0.2, 0.25) is 0 Å². The van der Waals surface area contributed by atoms with E-state index in [1.807, 2.05) is 54.7 Å². The second kappa shape index (κ2) is 11.3. The van der Waals surface area contributed by atoms with Crippen molar-refractivity contribution >= 4 is 17.7 Å². The maximum absolute atomic E-state index is 12.1. The number of carbonyl (C=O) groups excluding carboxylic acids is 1. The van der Waals surface area contributed by atoms with Crippen LogP contribution in [0.25, 0.3) is 0 Å². The van der Waals surface area contributed by atoms with Gasteiger partial charge in [-0.05, 0) is 17.5 Å². The quantitative estimate of drug-likeness (QED) is 0.397. The minimum atomic E-state index is 0.0160. The highest BCUT2D eigenvalue weighted by Gasteiger charge is 2.08. The Kier molecular flexibility index (Phi) is 8.15. The lowest BCUT2D eigenvalue weighted by Crippen LogP contribution is -2.27. The molecule has 0 saturated carbocycles. The van der Waals surface area contributed by atoms with E-state index in [1.54, 1.807) is 6.20 Å². The van der Waals surface area contributed by atoms with Crippen LogP contribution in [-0.2, 0) is 22.7 Å². The van der Waals surface area contributed by atoms with Gasteiger partial charge in [0, 0.05) is 32.1 Å². The smallest absolute Gasteiger partial charge is 0.230 e. The molecule has 0 aliphatic carbocycles. The average molecular weight is 396 g/mol. The van der Waals surface area contributed by atoms with Gasteiger partial charge in [-0.15, -0.1) is 0 Å². The molecule has 0 unspecified atom stereocenters. The highest BCUT2D eigenvalue weighted by Crippen LogP contribution is 2.17. The molecular weight excluding hydrogens is 370 g/mol. The molecule has 1 N–H and O–H groups in total. The Morgan fingerprint density at radius 3 is 2.50 bits per heavy atom. The van der Waals surface area contributed by atoms with Crippen molar-refractivity contribution in [3.05, 3.63) is 84.2 Å². The molecule has 0 atom stereocenters. The first-order valence-electron chi connectivity index (χ1n) is 9.37. The molecule has 1 aromatic heterocycles. The first-order chi connectivity index (χ1) is 13.8. The van der Waals surface area contributed by atoms with Crippen molar-refractivity contribution in [1.82, 2.24) is 14.9 Å². The lowest BCUT2D eigenvalue weighted by molar-refractivity contribution is -0.118. The zero-order chi connectivity index (χ0) is 19.4. The van der Waals surface area contributed by atoms with Crippen LogP contribution in [0.5, 0.6) is 0 Å². The predicted molar refractivity (Wildman–Crippen MR) is 112 cm³/mol. The molecule has 3 aromatic rings. The number of hydrogen-bond acceptors (Lipinski definition) is 4. The van der Waals surface area contributed by atoms with Crippen molar-refractivity contribution < 1.29 is 9.53 Å². The van der Waals surface area contributed by atoms with E-state index >= 15 is 0 Å². The zero-order valence-electron chi connectivity index (χ0n) is 15.8. The molecule has 3 rings (SSSR count). The van der Waals surface area contributed by atoms with E-state index < -0.39 is 0 Å². The monoisotopic (exact) mass is 395 g/mol. The molecule has 0 aliphatic heterocycles. The molecule has 28 heavy (non-hydrogen) atoms. The Morgan fingerprint density at radius 2 is 1.75 bits per heavy atom. The Balaban J connectivity index is 1.30. The summed E-state index contributed by atoms with van der Waals surface area (Å²) in [4.78, 5) is 16.4. The average Bonchev–Trinajstić information content (AvgIpc) is 3.17. The first kappa shape index (κ1) is 20.2. The third kappa shape index (κ3) is 6.87. The molecule has 0 radical (unpaired) electrons. The van der Waals surface area contributed by atoms with E-state index in [0.29, 0.717) is 25.5 Å². The molecule has 0 spiro atoms. The second-order valence-corrected chi connectivity index (χ2v) is 7.30. The van der Waals surface area contributed by atoms with Gasteiger partial charge in [0.1, 0.15) is 0 Å². The maximum Gasteiger partial charge on any atom is 0.230 e. The topological polar surface area (TPSA) is 56.2 Å². The standard InChI is InChI=1S/C22H25N3O2S/c26-21(23-12-7-15-27-17-20-10-5-2-6-11-20)18-28-22-24-13-14-25(22)16-19-8-3-1-4-9-19/h1-6,8-11,13-14H,7,12,15-18H2,(H,23,26). The number of thioether (sulfide) groups is 1. The number of nitrogens with zero attached hydrogens (tertiary/aromatic N) is 2. The number of ether oxygens (including phenoxy) is 1. The van der Waals surface area contributed by atoms with Gasteiger partial charge in [0.2, 0.25) is 5.91 Å². The first-order valence-corrected chi connectivity index (χ1v) is 10.4. The summed E-state index contributed by atoms with van der Waals surface area (Å²) in [6, 6.07) is 20.3. The SMILES string of the molecule is O=C(CSc1nccn1Cc1ccccc1)NCCCOCc1ccccc1. The number of hydrogen-bond donors (Lipinski definition) is 1. The van der Waals surface area contributed by atoms with Gasteiger partial charge in [0.25, 0.3) is 0 Å². The minimum Gasteiger partial charge on any atom is -0.377 e. The van der Waals surface area contributed by atoms with Gasteiger partial charge in [-0.2, -0.15) is 0 Å². The Morgan fingerprint density at radius 1 is 1.04 bits per heavy atom. The van der Waals surface area contributed by atoms with Gasteiger partial charge < -0.3 is 14.6 Å². The predicted octanol–water partition coefficient (Wildman–Crippen LogP) is 3.75. The fourth-order valence-electron chi connectivity index (χ4n) is 2.68. The number of nitrogens with one attached hydrogen (secondary N) is 1. The minimum absolute atomic E-state index is 0.0160. The third-order valence-electron chi connectivity index (χ3n) is 4.10. The molecule has 146 valence electrons. The van der Waals surface area contributed by atoms with Crippen LogP contribution < -0.4 is 5.32 Å². The van der Waals surface area contributed by atoms with Gasteiger partial charge in [0.15, 0.2) is 5.16 Å². The Hall–Kier alpha value is -2.57. The Labute approximate surface area is 170 Å². The summed E-state index contributed by atoms with van der Waals surface area (Å²) in [6.45, 7) is 2.61. The third-order valence-corrected chi connectivity index (χ3v) is 5.11. The summed E-state index contributed by atoms with van der Waals surface area (Å²) in [6.07, 6.45) is 4.51. The molecule has 0 bridgehead atoms. The van der Waals surface area contributed by atoms with E-state index in [1.165, 1.54) is 17.3 Å². The fourth-order valence-corrected chi connectivity index (χ4v) is 3.47. The van der Waals surface area contributed by atoms with Crippen LogP contribution in [0.15, 0.2) is 78.2 Å². The summed E-state index contributed by atoms with van der Waals surface area (Å²) in [5.74, 6) is 0.374. The van der Waals surface area contributed by atoms with Gasteiger partial charge in [0.05, 0.1) is 12.4 Å². The molecule has 0 aliphatic rings. The van der Waals surface area contributed by atoms with E-state index in [4.69, 9.17) is 4.74 Å². The molecule has 0 fully saturated rings. The number of amides is 1. The lowest BCUT2D eigenvalue weighted by Gasteiger charge is -2.08. The number of imidazole rings is 1. The summed E-state index contributed by atoms with van der Waals surface area (Å²) < 4.78 is 7.68. The maximum atomic E-state index is 12.1. The summed E-state index contributed by atoms with van der Waals surface area (Å²) in [5.41, 5.74) is 2.37.